The van der Waals surface area contributed by atoms with Crippen molar-refractivity contribution in [3.8, 4) is 22.6 Å². The van der Waals surface area contributed by atoms with Crippen molar-refractivity contribution in [1.29, 1.82) is 0 Å². The molecule has 4 nitrogen and oxygen atoms in total. The number of carbonyl (C=O) groups excluding carboxylic acids is 1. The van der Waals surface area contributed by atoms with Crippen LogP contribution in [0.3, 0.4) is 0 Å². The number of nitrogens with one attached hydrogen (secondary N) is 1. The Morgan fingerprint density at radius 3 is 2.28 bits per heavy atom. The minimum absolute atomic E-state index is 0.174. The lowest BCUT2D eigenvalue weighted by atomic mass is 10.1. The average Bonchev–Trinajstić information content (AvgIpc) is 2.77. The fourth-order valence-electron chi connectivity index (χ4n) is 2.95. The van der Waals surface area contributed by atoms with Crippen LogP contribution in [0.4, 0.5) is 5.69 Å². The molecule has 0 aliphatic rings. The van der Waals surface area contributed by atoms with E-state index in [4.69, 9.17) is 9.47 Å². The number of rotatable bonds is 9. The predicted octanol–water partition coefficient (Wildman–Crippen LogP) is 5.94. The highest BCUT2D eigenvalue weighted by Crippen LogP contribution is 2.23. The zero-order valence-electron chi connectivity index (χ0n) is 16.9. The van der Waals surface area contributed by atoms with Crippen LogP contribution < -0.4 is 14.8 Å². The number of hydrogen-bond donors (Lipinski definition) is 1. The minimum Gasteiger partial charge on any atom is -0.494 e. The molecule has 0 saturated heterocycles. The van der Waals surface area contributed by atoms with Gasteiger partial charge >= 0.3 is 0 Å². The van der Waals surface area contributed by atoms with Gasteiger partial charge in [-0.2, -0.15) is 0 Å². The normalized spacial score (nSPS) is 11.5. The Hall–Kier alpha value is -3.27. The molecular weight excluding hydrogens is 362 g/mol. The van der Waals surface area contributed by atoms with E-state index in [1.54, 1.807) is 0 Å². The van der Waals surface area contributed by atoms with Crippen molar-refractivity contribution in [2.45, 2.75) is 32.8 Å². The Morgan fingerprint density at radius 2 is 1.59 bits per heavy atom. The number of ether oxygens (including phenoxy) is 2. The van der Waals surface area contributed by atoms with E-state index in [2.05, 4.69) is 24.4 Å². The van der Waals surface area contributed by atoms with E-state index in [0.29, 0.717) is 24.5 Å². The molecule has 1 N–H and O–H groups in total. The Bertz CT molecular complexity index is 907. The molecule has 1 amide bonds. The molecule has 0 spiro atoms. The van der Waals surface area contributed by atoms with Gasteiger partial charge in [-0.05, 0) is 48.2 Å². The summed E-state index contributed by atoms with van der Waals surface area (Å²) < 4.78 is 11.6. The van der Waals surface area contributed by atoms with Gasteiger partial charge in [0, 0.05) is 11.8 Å². The monoisotopic (exact) mass is 389 g/mol. The fraction of sp³-hybridized carbons (Fsp3) is 0.240. The second-order valence-corrected chi connectivity index (χ2v) is 6.77. The number of anilines is 1. The molecule has 150 valence electrons. The van der Waals surface area contributed by atoms with Crippen molar-refractivity contribution in [2.24, 2.45) is 0 Å². The molecule has 3 aromatic carbocycles. The van der Waals surface area contributed by atoms with Crippen LogP contribution in [0.1, 0.15) is 26.7 Å². The van der Waals surface area contributed by atoms with E-state index in [-0.39, 0.29) is 5.91 Å². The van der Waals surface area contributed by atoms with E-state index in [9.17, 15) is 4.79 Å². The Balaban J connectivity index is 1.63. The maximum Gasteiger partial charge on any atom is 0.265 e. The Kier molecular flexibility index (Phi) is 7.28. The third-order valence-corrected chi connectivity index (χ3v) is 4.48. The maximum atomic E-state index is 12.7. The van der Waals surface area contributed by atoms with E-state index < -0.39 is 6.10 Å². The highest BCUT2D eigenvalue weighted by atomic mass is 16.5. The molecule has 0 aliphatic carbocycles. The van der Waals surface area contributed by atoms with Gasteiger partial charge in [0.15, 0.2) is 6.10 Å². The summed E-state index contributed by atoms with van der Waals surface area (Å²) in [5, 5.41) is 2.92. The van der Waals surface area contributed by atoms with Crippen molar-refractivity contribution in [3.05, 3.63) is 78.9 Å². The zero-order chi connectivity index (χ0) is 20.5. The molecule has 1 unspecified atom stereocenters. The minimum atomic E-state index is -0.571. The zero-order valence-corrected chi connectivity index (χ0v) is 16.9. The number of benzene rings is 3. The molecule has 0 saturated carbocycles. The third kappa shape index (κ3) is 5.85. The average molecular weight is 389 g/mol. The molecule has 0 radical (unpaired) electrons. The molecule has 0 heterocycles. The van der Waals surface area contributed by atoms with Crippen LogP contribution in [0.15, 0.2) is 78.9 Å². The predicted molar refractivity (Wildman–Crippen MR) is 117 cm³/mol. The second kappa shape index (κ2) is 10.3. The lowest BCUT2D eigenvalue weighted by molar-refractivity contribution is -0.122. The fourth-order valence-corrected chi connectivity index (χ4v) is 2.95. The largest absolute Gasteiger partial charge is 0.494 e. The summed E-state index contributed by atoms with van der Waals surface area (Å²) in [6, 6.07) is 25.4. The van der Waals surface area contributed by atoms with Gasteiger partial charge in [0.25, 0.3) is 5.91 Å². The highest BCUT2D eigenvalue weighted by Gasteiger charge is 2.19. The molecule has 29 heavy (non-hydrogen) atoms. The molecule has 0 fully saturated rings. The van der Waals surface area contributed by atoms with Crippen molar-refractivity contribution in [1.82, 2.24) is 0 Å². The summed E-state index contributed by atoms with van der Waals surface area (Å²) in [6.07, 6.45) is 0.932. The topological polar surface area (TPSA) is 47.6 Å². The first-order valence-electron chi connectivity index (χ1n) is 10.1. The van der Waals surface area contributed by atoms with E-state index in [1.807, 2.05) is 73.7 Å². The first kappa shape index (κ1) is 20.5. The summed E-state index contributed by atoms with van der Waals surface area (Å²) in [4.78, 5) is 12.7. The van der Waals surface area contributed by atoms with Gasteiger partial charge in [-0.1, -0.05) is 62.4 Å². The van der Waals surface area contributed by atoms with Gasteiger partial charge in [-0.25, -0.2) is 0 Å². The van der Waals surface area contributed by atoms with Crippen LogP contribution in [0.2, 0.25) is 0 Å². The molecular formula is C25H27NO3. The maximum absolute atomic E-state index is 12.7. The van der Waals surface area contributed by atoms with Gasteiger partial charge in [0.05, 0.1) is 6.61 Å². The summed E-state index contributed by atoms with van der Waals surface area (Å²) in [5.41, 5.74) is 2.96. The highest BCUT2D eigenvalue weighted by molar-refractivity contribution is 5.94. The summed E-state index contributed by atoms with van der Waals surface area (Å²) in [5.74, 6) is 1.24. The van der Waals surface area contributed by atoms with Crippen LogP contribution in [0.25, 0.3) is 11.1 Å². The van der Waals surface area contributed by atoms with Crippen LogP contribution >= 0.6 is 0 Å². The van der Waals surface area contributed by atoms with Crippen molar-refractivity contribution < 1.29 is 14.3 Å². The second-order valence-electron chi connectivity index (χ2n) is 6.77. The van der Waals surface area contributed by atoms with Gasteiger partial charge < -0.3 is 14.8 Å². The van der Waals surface area contributed by atoms with E-state index in [0.717, 1.165) is 23.3 Å². The molecule has 0 bridgehead atoms. The molecule has 3 rings (SSSR count). The standard InChI is InChI=1S/C25H27NO3/c1-3-17-28-23-12-8-11-21(18-23)26-25(27)24(4-2)29-22-15-13-20(14-16-22)19-9-6-5-7-10-19/h5-16,18,24H,3-4,17H2,1-2H3,(H,26,27). The Labute approximate surface area is 172 Å². The Morgan fingerprint density at radius 1 is 0.862 bits per heavy atom. The van der Waals surface area contributed by atoms with Crippen LogP contribution in [0, 0.1) is 0 Å². The van der Waals surface area contributed by atoms with Crippen LogP contribution in [0.5, 0.6) is 11.5 Å². The van der Waals surface area contributed by atoms with Crippen LogP contribution in [-0.4, -0.2) is 18.6 Å². The summed E-state index contributed by atoms with van der Waals surface area (Å²) >= 11 is 0. The summed E-state index contributed by atoms with van der Waals surface area (Å²) in [6.45, 7) is 4.64. The van der Waals surface area contributed by atoms with Gasteiger partial charge in [-0.3, -0.25) is 4.79 Å². The third-order valence-electron chi connectivity index (χ3n) is 4.48. The van der Waals surface area contributed by atoms with Crippen molar-refractivity contribution in [2.75, 3.05) is 11.9 Å². The van der Waals surface area contributed by atoms with Crippen molar-refractivity contribution >= 4 is 11.6 Å². The molecule has 3 aromatic rings. The first-order valence-corrected chi connectivity index (χ1v) is 10.1. The molecule has 0 aliphatic heterocycles. The van der Waals surface area contributed by atoms with Gasteiger partial charge in [0.2, 0.25) is 0 Å². The van der Waals surface area contributed by atoms with E-state index in [1.165, 1.54) is 0 Å². The van der Waals surface area contributed by atoms with E-state index >= 15 is 0 Å². The lowest BCUT2D eigenvalue weighted by Crippen LogP contribution is -2.32. The quantitative estimate of drug-likeness (QED) is 0.493. The summed E-state index contributed by atoms with van der Waals surface area (Å²) in [7, 11) is 0. The van der Waals surface area contributed by atoms with Crippen LogP contribution in [-0.2, 0) is 4.79 Å². The first-order chi connectivity index (χ1) is 14.2. The SMILES string of the molecule is CCCOc1cccc(NC(=O)C(CC)Oc2ccc(-c3ccccc3)cc2)c1. The molecule has 1 atom stereocenters. The number of carbonyl (C=O) groups is 1. The lowest BCUT2D eigenvalue weighted by Gasteiger charge is -2.18. The molecule has 0 aromatic heterocycles. The number of amides is 1. The van der Waals surface area contributed by atoms with Crippen molar-refractivity contribution in [3.63, 3.8) is 0 Å². The molecule has 4 heteroatoms. The smallest absolute Gasteiger partial charge is 0.265 e. The van der Waals surface area contributed by atoms with Gasteiger partial charge in [-0.15, -0.1) is 0 Å². The van der Waals surface area contributed by atoms with Gasteiger partial charge in [0.1, 0.15) is 11.5 Å². The number of hydrogen-bond acceptors (Lipinski definition) is 3.